The van der Waals surface area contributed by atoms with Crippen LogP contribution in [-0.4, -0.2) is 68.7 Å². The van der Waals surface area contributed by atoms with E-state index in [1.807, 2.05) is 0 Å². The molecule has 3 heterocycles. The lowest BCUT2D eigenvalue weighted by molar-refractivity contribution is -0.227. The van der Waals surface area contributed by atoms with Crippen LogP contribution in [0.1, 0.15) is 13.8 Å². The molecular formula is C17H22O8S. The summed E-state index contributed by atoms with van der Waals surface area (Å²) in [5.74, 6) is -1.12. The van der Waals surface area contributed by atoms with Crippen LogP contribution in [0, 0.1) is 0 Å². The first-order valence-corrected chi connectivity index (χ1v) is 10.1. The summed E-state index contributed by atoms with van der Waals surface area (Å²) < 4.78 is 53.0. The Bertz CT molecular complexity index is 749. The number of hydrogen-bond donors (Lipinski definition) is 1. The van der Waals surface area contributed by atoms with E-state index in [9.17, 15) is 13.5 Å². The van der Waals surface area contributed by atoms with Crippen LogP contribution in [0.4, 0.5) is 0 Å². The Labute approximate surface area is 151 Å². The molecule has 1 aromatic rings. The van der Waals surface area contributed by atoms with Crippen molar-refractivity contribution < 1.29 is 37.2 Å². The molecule has 3 aliphatic rings. The summed E-state index contributed by atoms with van der Waals surface area (Å²) in [6.45, 7) is 3.62. The fourth-order valence-corrected chi connectivity index (χ4v) is 4.76. The van der Waals surface area contributed by atoms with Gasteiger partial charge in [-0.15, -0.1) is 0 Å². The van der Waals surface area contributed by atoms with Gasteiger partial charge in [-0.05, 0) is 26.0 Å². The Kier molecular flexibility index (Phi) is 4.59. The topological polar surface area (TPSA) is 101 Å². The Morgan fingerprint density at radius 2 is 1.85 bits per heavy atom. The van der Waals surface area contributed by atoms with E-state index >= 15 is 0 Å². The molecule has 1 N–H and O–H groups in total. The molecule has 0 amide bonds. The summed E-state index contributed by atoms with van der Waals surface area (Å²) in [6.07, 6.45) is -4.45. The van der Waals surface area contributed by atoms with Gasteiger partial charge in [-0.3, -0.25) is 0 Å². The highest BCUT2D eigenvalue weighted by Gasteiger charge is 2.57. The van der Waals surface area contributed by atoms with E-state index in [1.54, 1.807) is 32.0 Å². The van der Waals surface area contributed by atoms with Crippen molar-refractivity contribution in [2.45, 2.75) is 61.5 Å². The molecule has 0 unspecified atom stereocenters. The van der Waals surface area contributed by atoms with Gasteiger partial charge in [-0.1, -0.05) is 18.2 Å². The second-order valence-corrected chi connectivity index (χ2v) is 9.13. The molecule has 144 valence electrons. The van der Waals surface area contributed by atoms with Crippen molar-refractivity contribution in [1.29, 1.82) is 0 Å². The van der Waals surface area contributed by atoms with Crippen molar-refractivity contribution in [3.63, 3.8) is 0 Å². The molecule has 6 atom stereocenters. The molecule has 3 fully saturated rings. The number of fused-ring (bicyclic) bond motifs is 1. The Hall–Kier alpha value is -1.07. The number of aliphatic hydroxyl groups excluding tert-OH is 1. The zero-order chi connectivity index (χ0) is 18.5. The molecular weight excluding hydrogens is 364 g/mol. The highest BCUT2D eigenvalue weighted by molar-refractivity contribution is 7.91. The van der Waals surface area contributed by atoms with Crippen molar-refractivity contribution in [1.82, 2.24) is 0 Å². The van der Waals surface area contributed by atoms with Gasteiger partial charge in [0, 0.05) is 0 Å². The number of rotatable bonds is 4. The fraction of sp³-hybridized carbons (Fsp3) is 0.647. The number of sulfone groups is 1. The van der Waals surface area contributed by atoms with Gasteiger partial charge in [-0.25, -0.2) is 8.42 Å². The molecule has 0 aromatic heterocycles. The van der Waals surface area contributed by atoms with Crippen LogP contribution < -0.4 is 0 Å². The Balaban J connectivity index is 1.38. The van der Waals surface area contributed by atoms with Gasteiger partial charge in [0.2, 0.25) is 0 Å². The summed E-state index contributed by atoms with van der Waals surface area (Å²) in [5.41, 5.74) is 0. The summed E-state index contributed by atoms with van der Waals surface area (Å²) in [4.78, 5) is 0.214. The van der Waals surface area contributed by atoms with Gasteiger partial charge >= 0.3 is 0 Å². The number of ether oxygens (including phenoxy) is 5. The molecule has 0 aliphatic carbocycles. The Morgan fingerprint density at radius 3 is 2.54 bits per heavy atom. The summed E-state index contributed by atoms with van der Waals surface area (Å²) in [7, 11) is -3.54. The first kappa shape index (κ1) is 18.3. The largest absolute Gasteiger partial charge is 0.387 e. The second-order valence-electron chi connectivity index (χ2n) is 7.09. The van der Waals surface area contributed by atoms with Gasteiger partial charge in [0.25, 0.3) is 0 Å². The van der Waals surface area contributed by atoms with Crippen molar-refractivity contribution >= 4 is 9.84 Å². The van der Waals surface area contributed by atoms with Crippen molar-refractivity contribution in [3.05, 3.63) is 30.3 Å². The van der Waals surface area contributed by atoms with E-state index in [-0.39, 0.29) is 17.3 Å². The smallest absolute Gasteiger partial charge is 0.190 e. The van der Waals surface area contributed by atoms with Gasteiger partial charge < -0.3 is 28.8 Å². The highest BCUT2D eigenvalue weighted by atomic mass is 32.2. The quantitative estimate of drug-likeness (QED) is 0.796. The third kappa shape index (κ3) is 3.40. The first-order chi connectivity index (χ1) is 12.3. The SMILES string of the molecule is CC1(C)O[C@H]2O[C@H]([C@H]3CO[C@H](CS(=O)(=O)c4ccccc4)O3)[C@H](O)[C@H]2O1. The summed E-state index contributed by atoms with van der Waals surface area (Å²) in [6, 6.07) is 8.13. The van der Waals surface area contributed by atoms with Gasteiger partial charge in [0.1, 0.15) is 30.2 Å². The predicted octanol–water partition coefficient (Wildman–Crippen LogP) is 0.439. The van der Waals surface area contributed by atoms with Crippen molar-refractivity contribution in [3.8, 4) is 0 Å². The average molecular weight is 386 g/mol. The van der Waals surface area contributed by atoms with E-state index in [0.29, 0.717) is 0 Å². The fourth-order valence-electron chi connectivity index (χ4n) is 3.46. The lowest BCUT2D eigenvalue weighted by Crippen LogP contribution is -2.42. The monoisotopic (exact) mass is 386 g/mol. The van der Waals surface area contributed by atoms with Crippen LogP contribution in [-0.2, 0) is 33.5 Å². The van der Waals surface area contributed by atoms with E-state index < -0.39 is 52.6 Å². The molecule has 3 aliphatic heterocycles. The second kappa shape index (κ2) is 6.52. The minimum Gasteiger partial charge on any atom is -0.387 e. The highest BCUT2D eigenvalue weighted by Crippen LogP contribution is 2.39. The molecule has 0 bridgehead atoms. The molecule has 0 radical (unpaired) electrons. The van der Waals surface area contributed by atoms with Crippen molar-refractivity contribution in [2.75, 3.05) is 12.4 Å². The molecule has 1 aromatic carbocycles. The summed E-state index contributed by atoms with van der Waals surface area (Å²) >= 11 is 0. The molecule has 9 heteroatoms. The third-order valence-electron chi connectivity index (χ3n) is 4.65. The normalized spacial score (nSPS) is 39.2. The zero-order valence-electron chi connectivity index (χ0n) is 14.5. The number of benzene rings is 1. The van der Waals surface area contributed by atoms with Gasteiger partial charge in [-0.2, -0.15) is 0 Å². The maximum absolute atomic E-state index is 12.4. The molecule has 0 spiro atoms. The third-order valence-corrected chi connectivity index (χ3v) is 6.35. The van der Waals surface area contributed by atoms with Gasteiger partial charge in [0.15, 0.2) is 28.2 Å². The van der Waals surface area contributed by atoms with Crippen LogP contribution in [0.15, 0.2) is 35.2 Å². The van der Waals surface area contributed by atoms with Crippen LogP contribution in [0.25, 0.3) is 0 Å². The van der Waals surface area contributed by atoms with E-state index in [1.165, 1.54) is 12.1 Å². The van der Waals surface area contributed by atoms with E-state index in [0.717, 1.165) is 0 Å². The maximum atomic E-state index is 12.4. The minimum absolute atomic E-state index is 0.125. The lowest BCUT2D eigenvalue weighted by atomic mass is 10.1. The first-order valence-electron chi connectivity index (χ1n) is 8.49. The molecule has 8 nitrogen and oxygen atoms in total. The molecule has 3 saturated heterocycles. The van der Waals surface area contributed by atoms with Crippen molar-refractivity contribution in [2.24, 2.45) is 0 Å². The maximum Gasteiger partial charge on any atom is 0.190 e. The van der Waals surface area contributed by atoms with Gasteiger partial charge in [0.05, 0.1) is 11.5 Å². The van der Waals surface area contributed by atoms with Crippen LogP contribution in [0.5, 0.6) is 0 Å². The van der Waals surface area contributed by atoms with E-state index in [2.05, 4.69) is 0 Å². The minimum atomic E-state index is -3.54. The zero-order valence-corrected chi connectivity index (χ0v) is 15.3. The van der Waals surface area contributed by atoms with Crippen LogP contribution >= 0.6 is 0 Å². The molecule has 0 saturated carbocycles. The number of hydrogen-bond acceptors (Lipinski definition) is 8. The Morgan fingerprint density at radius 1 is 1.12 bits per heavy atom. The van der Waals surface area contributed by atoms with Crippen LogP contribution in [0.3, 0.4) is 0 Å². The predicted molar refractivity (Wildman–Crippen MR) is 87.8 cm³/mol. The average Bonchev–Trinajstić information content (AvgIpc) is 3.23. The standard InChI is InChI=1S/C17H22O8S/c1-17(2)24-15-13(18)14(23-16(15)25-17)11-8-21-12(22-11)9-26(19,20)10-6-4-3-5-7-10/h3-7,11-16,18H,8-9H2,1-2H3/t11-,12+,13+,14-,15-,16-/m1/s1. The molecule has 4 rings (SSSR count). The van der Waals surface area contributed by atoms with E-state index in [4.69, 9.17) is 23.7 Å². The lowest BCUT2D eigenvalue weighted by Gasteiger charge is -2.25. The molecule has 26 heavy (non-hydrogen) atoms. The number of aliphatic hydroxyl groups is 1. The van der Waals surface area contributed by atoms with Crippen LogP contribution in [0.2, 0.25) is 0 Å². The summed E-state index contributed by atoms with van der Waals surface area (Å²) in [5, 5.41) is 10.5.